The smallest absolute Gasteiger partial charge is 0.317 e. The number of hydrogen-bond acceptors (Lipinski definition) is 2. The zero-order valence-corrected chi connectivity index (χ0v) is 16.2. The number of aromatic nitrogens is 2. The molecule has 0 spiro atoms. The van der Waals surface area contributed by atoms with Gasteiger partial charge in [-0.1, -0.05) is 60.7 Å². The van der Waals surface area contributed by atoms with Crippen molar-refractivity contribution in [1.29, 1.82) is 0 Å². The molecule has 2 amide bonds. The molecule has 1 atom stereocenters. The molecular formula is C23H26N4O. The first kappa shape index (κ1) is 18.3. The van der Waals surface area contributed by atoms with Gasteiger partial charge in [-0.15, -0.1) is 0 Å². The van der Waals surface area contributed by atoms with Crippen molar-refractivity contribution in [1.82, 2.24) is 20.0 Å². The summed E-state index contributed by atoms with van der Waals surface area (Å²) in [6, 6.07) is 20.4. The van der Waals surface area contributed by atoms with Crippen molar-refractivity contribution in [2.24, 2.45) is 0 Å². The molecule has 4 rings (SSSR count). The monoisotopic (exact) mass is 374 g/mol. The Morgan fingerprint density at radius 3 is 2.50 bits per heavy atom. The lowest BCUT2D eigenvalue weighted by molar-refractivity contribution is 0.201. The minimum Gasteiger partial charge on any atom is -0.331 e. The van der Waals surface area contributed by atoms with Crippen LogP contribution < -0.4 is 5.32 Å². The van der Waals surface area contributed by atoms with Crippen molar-refractivity contribution in [3.05, 3.63) is 89.2 Å². The van der Waals surface area contributed by atoms with Gasteiger partial charge in [-0.2, -0.15) is 5.10 Å². The molecule has 5 heteroatoms. The largest absolute Gasteiger partial charge is 0.331 e. The standard InChI is InChI=1S/C23H26N4O/c1-26(16-18-9-4-2-5-10-18)23(28)25-21-13-8-14-22-20(21)15-24-27(22)17-19-11-6-3-7-12-19/h2-7,9-12,15,21H,8,13-14,16-17H2,1H3,(H,25,28). The normalized spacial score (nSPS) is 15.7. The quantitative estimate of drug-likeness (QED) is 0.729. The van der Waals surface area contributed by atoms with E-state index in [4.69, 9.17) is 0 Å². The molecule has 0 bridgehead atoms. The first-order valence-electron chi connectivity index (χ1n) is 9.85. The molecule has 2 aromatic carbocycles. The van der Waals surface area contributed by atoms with E-state index in [1.54, 1.807) is 4.90 Å². The highest BCUT2D eigenvalue weighted by Gasteiger charge is 2.26. The zero-order valence-electron chi connectivity index (χ0n) is 16.2. The Bertz CT molecular complexity index is 920. The highest BCUT2D eigenvalue weighted by molar-refractivity contribution is 5.74. The lowest BCUT2D eigenvalue weighted by atomic mass is 9.93. The summed E-state index contributed by atoms with van der Waals surface area (Å²) in [6.45, 7) is 1.37. The Morgan fingerprint density at radius 1 is 1.11 bits per heavy atom. The number of nitrogens with zero attached hydrogens (tertiary/aromatic N) is 3. The molecule has 0 saturated heterocycles. The van der Waals surface area contributed by atoms with E-state index in [2.05, 4.69) is 39.4 Å². The maximum Gasteiger partial charge on any atom is 0.317 e. The van der Waals surface area contributed by atoms with Crippen LogP contribution in [0.4, 0.5) is 4.79 Å². The predicted octanol–water partition coefficient (Wildman–Crippen LogP) is 4.15. The summed E-state index contributed by atoms with van der Waals surface area (Å²) in [4.78, 5) is 14.4. The number of rotatable bonds is 5. The van der Waals surface area contributed by atoms with Gasteiger partial charge in [0.25, 0.3) is 0 Å². The van der Waals surface area contributed by atoms with Crippen LogP contribution in [-0.2, 0) is 19.5 Å². The van der Waals surface area contributed by atoms with E-state index < -0.39 is 0 Å². The van der Waals surface area contributed by atoms with Crippen molar-refractivity contribution in [3.63, 3.8) is 0 Å². The van der Waals surface area contributed by atoms with Gasteiger partial charge in [0.05, 0.1) is 18.8 Å². The van der Waals surface area contributed by atoms with Gasteiger partial charge in [0.1, 0.15) is 0 Å². The highest BCUT2D eigenvalue weighted by Crippen LogP contribution is 2.30. The molecule has 144 valence electrons. The molecule has 1 N–H and O–H groups in total. The molecular weight excluding hydrogens is 348 g/mol. The van der Waals surface area contributed by atoms with Gasteiger partial charge in [-0.3, -0.25) is 4.68 Å². The Kier molecular flexibility index (Phi) is 5.42. The number of carbonyl (C=O) groups excluding carboxylic acids is 1. The fourth-order valence-corrected chi connectivity index (χ4v) is 3.85. The maximum atomic E-state index is 12.7. The summed E-state index contributed by atoms with van der Waals surface area (Å²) in [7, 11) is 1.84. The van der Waals surface area contributed by atoms with E-state index in [1.165, 1.54) is 11.3 Å². The second kappa shape index (κ2) is 8.30. The van der Waals surface area contributed by atoms with Crippen molar-refractivity contribution >= 4 is 6.03 Å². The number of carbonyl (C=O) groups is 1. The minimum atomic E-state index is -0.0440. The molecule has 0 saturated carbocycles. The van der Waals surface area contributed by atoms with Crippen molar-refractivity contribution < 1.29 is 4.79 Å². The van der Waals surface area contributed by atoms with E-state index in [-0.39, 0.29) is 12.1 Å². The highest BCUT2D eigenvalue weighted by atomic mass is 16.2. The average molecular weight is 374 g/mol. The molecule has 0 fully saturated rings. The first-order chi connectivity index (χ1) is 13.7. The molecule has 0 aliphatic heterocycles. The summed E-state index contributed by atoms with van der Waals surface area (Å²) in [5.41, 5.74) is 4.76. The first-order valence-corrected chi connectivity index (χ1v) is 9.85. The molecule has 1 unspecified atom stereocenters. The zero-order chi connectivity index (χ0) is 19.3. The fraction of sp³-hybridized carbons (Fsp3) is 0.304. The van der Waals surface area contributed by atoms with Gasteiger partial charge in [-0.05, 0) is 30.4 Å². The van der Waals surface area contributed by atoms with E-state index in [0.29, 0.717) is 6.54 Å². The topological polar surface area (TPSA) is 50.2 Å². The maximum absolute atomic E-state index is 12.7. The second-order valence-electron chi connectivity index (χ2n) is 7.43. The number of amides is 2. The lowest BCUT2D eigenvalue weighted by Crippen LogP contribution is -2.40. The molecule has 1 aliphatic carbocycles. The summed E-state index contributed by atoms with van der Waals surface area (Å²) >= 11 is 0. The third-order valence-corrected chi connectivity index (χ3v) is 5.34. The lowest BCUT2D eigenvalue weighted by Gasteiger charge is -2.27. The summed E-state index contributed by atoms with van der Waals surface area (Å²) in [5, 5.41) is 7.82. The number of urea groups is 1. The van der Waals surface area contributed by atoms with Gasteiger partial charge in [0.15, 0.2) is 0 Å². The van der Waals surface area contributed by atoms with Crippen molar-refractivity contribution in [3.8, 4) is 0 Å². The number of nitrogens with one attached hydrogen (secondary N) is 1. The number of fused-ring (bicyclic) bond motifs is 1. The average Bonchev–Trinajstić information content (AvgIpc) is 3.13. The van der Waals surface area contributed by atoms with Crippen LogP contribution >= 0.6 is 0 Å². The summed E-state index contributed by atoms with van der Waals surface area (Å²) in [6.07, 6.45) is 4.95. The van der Waals surface area contributed by atoms with Crippen LogP contribution in [0.2, 0.25) is 0 Å². The number of hydrogen-bond donors (Lipinski definition) is 1. The predicted molar refractivity (Wildman–Crippen MR) is 110 cm³/mol. The van der Waals surface area contributed by atoms with Crippen LogP contribution in [0.25, 0.3) is 0 Å². The van der Waals surface area contributed by atoms with E-state index in [9.17, 15) is 4.79 Å². The van der Waals surface area contributed by atoms with Crippen LogP contribution in [0.15, 0.2) is 66.9 Å². The van der Waals surface area contributed by atoms with Crippen LogP contribution in [0.5, 0.6) is 0 Å². The van der Waals surface area contributed by atoms with E-state index in [0.717, 1.165) is 36.9 Å². The van der Waals surface area contributed by atoms with Gasteiger partial charge in [0.2, 0.25) is 0 Å². The van der Waals surface area contributed by atoms with Crippen molar-refractivity contribution in [2.75, 3.05) is 7.05 Å². The molecule has 0 radical (unpaired) electrons. The van der Waals surface area contributed by atoms with Gasteiger partial charge in [-0.25, -0.2) is 4.79 Å². The summed E-state index contributed by atoms with van der Waals surface area (Å²) in [5.74, 6) is 0. The van der Waals surface area contributed by atoms with Crippen LogP contribution in [0, 0.1) is 0 Å². The Morgan fingerprint density at radius 2 is 1.79 bits per heavy atom. The second-order valence-corrected chi connectivity index (χ2v) is 7.43. The van der Waals surface area contributed by atoms with Crippen molar-refractivity contribution in [2.45, 2.75) is 38.4 Å². The molecule has 1 heterocycles. The SMILES string of the molecule is CN(Cc1ccccc1)C(=O)NC1CCCc2c1cnn2Cc1ccccc1. The number of benzene rings is 2. The van der Waals surface area contributed by atoms with Gasteiger partial charge in [0, 0.05) is 24.8 Å². The molecule has 1 aromatic heterocycles. The van der Waals surface area contributed by atoms with Gasteiger partial charge < -0.3 is 10.2 Å². The third kappa shape index (κ3) is 4.09. The molecule has 28 heavy (non-hydrogen) atoms. The fourth-order valence-electron chi connectivity index (χ4n) is 3.85. The Balaban J connectivity index is 1.44. The third-order valence-electron chi connectivity index (χ3n) is 5.34. The Labute approximate surface area is 166 Å². The molecule has 3 aromatic rings. The molecule has 1 aliphatic rings. The Hall–Kier alpha value is -3.08. The summed E-state index contributed by atoms with van der Waals surface area (Å²) < 4.78 is 2.08. The van der Waals surface area contributed by atoms with Crippen LogP contribution in [0.1, 0.15) is 41.3 Å². The van der Waals surface area contributed by atoms with Crippen LogP contribution in [0.3, 0.4) is 0 Å². The van der Waals surface area contributed by atoms with E-state index >= 15 is 0 Å². The van der Waals surface area contributed by atoms with Crippen LogP contribution in [-0.4, -0.2) is 27.8 Å². The molecule has 5 nitrogen and oxygen atoms in total. The van der Waals surface area contributed by atoms with Gasteiger partial charge >= 0.3 is 6.03 Å². The minimum absolute atomic E-state index is 0.0268. The van der Waals surface area contributed by atoms with E-state index in [1.807, 2.05) is 49.6 Å².